The van der Waals surface area contributed by atoms with Gasteiger partial charge in [-0.05, 0) is 67.3 Å². The van der Waals surface area contributed by atoms with Crippen molar-refractivity contribution in [2.45, 2.75) is 51.2 Å². The van der Waals surface area contributed by atoms with Crippen molar-refractivity contribution in [3.63, 3.8) is 0 Å². The highest BCUT2D eigenvalue weighted by Crippen LogP contribution is 2.34. The van der Waals surface area contributed by atoms with Gasteiger partial charge < -0.3 is 14.7 Å². The fraction of sp³-hybridized carbons (Fsp3) is 0.346. The van der Waals surface area contributed by atoms with Crippen LogP contribution in [0.5, 0.6) is 5.75 Å². The van der Waals surface area contributed by atoms with Crippen LogP contribution in [-0.2, 0) is 19.4 Å². The van der Waals surface area contributed by atoms with Gasteiger partial charge in [0.05, 0.1) is 11.7 Å². The minimum absolute atomic E-state index is 0.0853. The van der Waals surface area contributed by atoms with Crippen LogP contribution in [0.1, 0.15) is 64.5 Å². The van der Waals surface area contributed by atoms with E-state index in [0.29, 0.717) is 11.6 Å². The number of hydrogen-bond donors (Lipinski definition) is 1. The minimum atomic E-state index is -1.04. The Bertz CT molecular complexity index is 1120. The molecule has 0 saturated carbocycles. The Labute approximate surface area is 187 Å². The molecule has 0 amide bonds. The van der Waals surface area contributed by atoms with Crippen molar-refractivity contribution in [3.05, 3.63) is 82.7 Å². The van der Waals surface area contributed by atoms with E-state index in [1.54, 1.807) is 0 Å². The number of aromatic carboxylic acids is 1. The zero-order chi connectivity index (χ0) is 21.9. The third kappa shape index (κ3) is 4.17. The molecule has 2 aliphatic rings. The van der Waals surface area contributed by atoms with Gasteiger partial charge in [-0.2, -0.15) is 0 Å². The molecule has 5 rings (SSSR count). The van der Waals surface area contributed by atoms with Crippen molar-refractivity contribution in [3.8, 4) is 5.75 Å². The first-order chi connectivity index (χ1) is 15.7. The van der Waals surface area contributed by atoms with E-state index in [1.807, 2.05) is 24.3 Å². The van der Waals surface area contributed by atoms with Crippen molar-refractivity contribution in [2.75, 3.05) is 11.4 Å². The van der Waals surface area contributed by atoms with E-state index in [0.717, 1.165) is 38.0 Å². The quantitative estimate of drug-likeness (QED) is 0.596. The standard InChI is InChI=1S/C26H27N3O3/c30-25(31)22-16-27-26(29-14-6-11-24(29)19-8-2-1-3-9-19)28-23(22)17-32-21-13-12-18-7-4-5-10-20(18)15-21/h1-3,8-9,12-13,15-16,24H,4-7,10-11,14,17H2,(H,30,31)/t24-/m0/s1. The van der Waals surface area contributed by atoms with Gasteiger partial charge in [0.1, 0.15) is 17.9 Å². The summed E-state index contributed by atoms with van der Waals surface area (Å²) in [6, 6.07) is 16.7. The first kappa shape index (κ1) is 20.5. The van der Waals surface area contributed by atoms with Gasteiger partial charge in [0.25, 0.3) is 0 Å². The van der Waals surface area contributed by atoms with E-state index in [9.17, 15) is 9.90 Å². The van der Waals surface area contributed by atoms with E-state index in [1.165, 1.54) is 35.7 Å². The fourth-order valence-corrected chi connectivity index (χ4v) is 4.81. The summed E-state index contributed by atoms with van der Waals surface area (Å²) < 4.78 is 6.01. The molecule has 2 heterocycles. The second kappa shape index (κ2) is 8.99. The maximum absolute atomic E-state index is 11.8. The van der Waals surface area contributed by atoms with Crippen LogP contribution in [0.15, 0.2) is 54.7 Å². The summed E-state index contributed by atoms with van der Waals surface area (Å²) in [6.45, 7) is 0.941. The average molecular weight is 430 g/mol. The van der Waals surface area contributed by atoms with Crippen LogP contribution >= 0.6 is 0 Å². The predicted molar refractivity (Wildman–Crippen MR) is 122 cm³/mol. The molecule has 6 heteroatoms. The molecule has 0 spiro atoms. The van der Waals surface area contributed by atoms with Gasteiger partial charge >= 0.3 is 5.97 Å². The molecule has 0 bridgehead atoms. The third-order valence-corrected chi connectivity index (χ3v) is 6.47. The molecule has 1 aromatic heterocycles. The first-order valence-electron chi connectivity index (χ1n) is 11.3. The Balaban J connectivity index is 1.39. The Morgan fingerprint density at radius 3 is 2.69 bits per heavy atom. The molecule has 1 N–H and O–H groups in total. The number of ether oxygens (including phenoxy) is 1. The lowest BCUT2D eigenvalue weighted by Crippen LogP contribution is -2.26. The van der Waals surface area contributed by atoms with Crippen molar-refractivity contribution in [1.82, 2.24) is 9.97 Å². The van der Waals surface area contributed by atoms with E-state index in [-0.39, 0.29) is 18.2 Å². The number of aromatic nitrogens is 2. The summed E-state index contributed by atoms with van der Waals surface area (Å²) in [6.07, 6.45) is 8.11. The highest BCUT2D eigenvalue weighted by Gasteiger charge is 2.29. The molecule has 1 atom stereocenters. The normalized spacial score (nSPS) is 17.8. The minimum Gasteiger partial charge on any atom is -0.487 e. The number of fused-ring (bicyclic) bond motifs is 1. The maximum atomic E-state index is 11.8. The largest absolute Gasteiger partial charge is 0.487 e. The lowest BCUT2D eigenvalue weighted by Gasteiger charge is -2.25. The van der Waals surface area contributed by atoms with Crippen molar-refractivity contribution < 1.29 is 14.6 Å². The number of rotatable bonds is 6. The van der Waals surface area contributed by atoms with Crippen LogP contribution in [0.3, 0.4) is 0 Å². The Kier molecular flexibility index (Phi) is 5.75. The summed E-state index contributed by atoms with van der Waals surface area (Å²) in [7, 11) is 0. The average Bonchev–Trinajstić information content (AvgIpc) is 3.33. The molecule has 1 aliphatic heterocycles. The van der Waals surface area contributed by atoms with E-state index >= 15 is 0 Å². The molecule has 1 aliphatic carbocycles. The number of carboxylic acid groups (broad SMARTS) is 1. The van der Waals surface area contributed by atoms with E-state index in [4.69, 9.17) is 4.74 Å². The zero-order valence-electron chi connectivity index (χ0n) is 18.0. The van der Waals surface area contributed by atoms with Crippen LogP contribution in [0.2, 0.25) is 0 Å². The number of aryl methyl sites for hydroxylation is 2. The summed E-state index contributed by atoms with van der Waals surface area (Å²) in [5, 5.41) is 9.66. The molecule has 2 aromatic carbocycles. The molecule has 6 nitrogen and oxygen atoms in total. The van der Waals surface area contributed by atoms with Crippen molar-refractivity contribution in [2.24, 2.45) is 0 Å². The second-order valence-electron chi connectivity index (χ2n) is 8.52. The number of benzene rings is 2. The van der Waals surface area contributed by atoms with Gasteiger partial charge in [0.15, 0.2) is 0 Å². The smallest absolute Gasteiger partial charge is 0.339 e. The number of carbonyl (C=O) groups is 1. The number of hydrogen-bond acceptors (Lipinski definition) is 5. The van der Waals surface area contributed by atoms with Crippen LogP contribution in [0.25, 0.3) is 0 Å². The third-order valence-electron chi connectivity index (χ3n) is 6.47. The molecule has 3 aromatic rings. The number of nitrogens with zero attached hydrogens (tertiary/aromatic N) is 3. The highest BCUT2D eigenvalue weighted by atomic mass is 16.5. The Morgan fingerprint density at radius 2 is 1.88 bits per heavy atom. The van der Waals surface area contributed by atoms with Gasteiger partial charge in [-0.15, -0.1) is 0 Å². The maximum Gasteiger partial charge on any atom is 0.339 e. The van der Waals surface area contributed by atoms with Crippen LogP contribution in [-0.4, -0.2) is 27.6 Å². The molecule has 0 radical (unpaired) electrons. The van der Waals surface area contributed by atoms with Crippen molar-refractivity contribution >= 4 is 11.9 Å². The Morgan fingerprint density at radius 1 is 1.06 bits per heavy atom. The highest BCUT2D eigenvalue weighted by molar-refractivity contribution is 5.88. The molecular formula is C26H27N3O3. The predicted octanol–water partition coefficient (Wildman–Crippen LogP) is 4.97. The second-order valence-corrected chi connectivity index (χ2v) is 8.52. The lowest BCUT2D eigenvalue weighted by atomic mass is 9.92. The van der Waals surface area contributed by atoms with E-state index < -0.39 is 5.97 Å². The topological polar surface area (TPSA) is 75.5 Å². The summed E-state index contributed by atoms with van der Waals surface area (Å²) in [5.74, 6) is 0.275. The summed E-state index contributed by atoms with van der Waals surface area (Å²) in [4.78, 5) is 23.0. The molecular weight excluding hydrogens is 402 g/mol. The van der Waals surface area contributed by atoms with Gasteiger partial charge in [-0.1, -0.05) is 36.4 Å². The number of anilines is 1. The van der Waals surface area contributed by atoms with Gasteiger partial charge in [0.2, 0.25) is 5.95 Å². The summed E-state index contributed by atoms with van der Waals surface area (Å²) in [5.41, 5.74) is 4.43. The Hall–Kier alpha value is -3.41. The van der Waals surface area contributed by atoms with Crippen LogP contribution in [0, 0.1) is 0 Å². The van der Waals surface area contributed by atoms with Gasteiger partial charge in [0, 0.05) is 12.7 Å². The van der Waals surface area contributed by atoms with Gasteiger partial charge in [-0.25, -0.2) is 14.8 Å². The molecule has 32 heavy (non-hydrogen) atoms. The van der Waals surface area contributed by atoms with Crippen molar-refractivity contribution in [1.29, 1.82) is 0 Å². The van der Waals surface area contributed by atoms with Crippen LogP contribution < -0.4 is 9.64 Å². The molecule has 0 unspecified atom stereocenters. The zero-order valence-corrected chi connectivity index (χ0v) is 18.0. The van der Waals surface area contributed by atoms with E-state index in [2.05, 4.69) is 39.1 Å². The first-order valence-corrected chi connectivity index (χ1v) is 11.3. The summed E-state index contributed by atoms with van der Waals surface area (Å²) >= 11 is 0. The molecule has 1 fully saturated rings. The molecule has 164 valence electrons. The monoisotopic (exact) mass is 429 g/mol. The number of carboxylic acids is 1. The van der Waals surface area contributed by atoms with Crippen LogP contribution in [0.4, 0.5) is 5.95 Å². The van der Waals surface area contributed by atoms with Gasteiger partial charge in [-0.3, -0.25) is 0 Å². The molecule has 1 saturated heterocycles. The SMILES string of the molecule is O=C(O)c1cnc(N2CCC[C@H]2c2ccccc2)nc1COc1ccc2c(c1)CCCC2. The lowest BCUT2D eigenvalue weighted by molar-refractivity contribution is 0.0692. The fourth-order valence-electron chi connectivity index (χ4n) is 4.81.